The molecule has 0 radical (unpaired) electrons. The van der Waals surface area contributed by atoms with Crippen LogP contribution in [-0.4, -0.2) is 52.8 Å². The lowest BCUT2D eigenvalue weighted by Crippen LogP contribution is -2.43. The van der Waals surface area contributed by atoms with Gasteiger partial charge >= 0.3 is 0 Å². The van der Waals surface area contributed by atoms with Crippen molar-refractivity contribution in [3.8, 4) is 0 Å². The van der Waals surface area contributed by atoms with Crippen molar-refractivity contribution in [2.24, 2.45) is 0 Å². The average molecular weight is 510 g/mol. The highest BCUT2D eigenvalue weighted by molar-refractivity contribution is 6.01. The number of aromatic nitrogens is 1. The van der Waals surface area contributed by atoms with Crippen molar-refractivity contribution >= 4 is 41.2 Å². The highest BCUT2D eigenvalue weighted by atomic mass is 16.2. The Hall–Kier alpha value is -4.30. The average Bonchev–Trinajstić information content (AvgIpc) is 3.67. The predicted molar refractivity (Wildman–Crippen MR) is 148 cm³/mol. The van der Waals surface area contributed by atoms with Crippen LogP contribution in [0, 0.1) is 0 Å². The van der Waals surface area contributed by atoms with E-state index >= 15 is 0 Å². The molecule has 3 aromatic rings. The Morgan fingerprint density at radius 1 is 0.842 bits per heavy atom. The Bertz CT molecular complexity index is 1300. The van der Waals surface area contributed by atoms with Crippen molar-refractivity contribution in [2.75, 3.05) is 23.7 Å². The monoisotopic (exact) mass is 509 g/mol. The number of nitrogens with zero attached hydrogens (tertiary/aromatic N) is 2. The molecule has 5 rings (SSSR count). The zero-order chi connectivity index (χ0) is 26.3. The normalized spacial score (nSPS) is 19.0. The van der Waals surface area contributed by atoms with Crippen LogP contribution in [0.1, 0.15) is 47.2 Å². The van der Waals surface area contributed by atoms with E-state index in [9.17, 15) is 14.4 Å². The summed E-state index contributed by atoms with van der Waals surface area (Å²) in [7, 11) is 0. The summed E-state index contributed by atoms with van der Waals surface area (Å²) in [6, 6.07) is 18.1. The summed E-state index contributed by atoms with van der Waals surface area (Å²) in [6.07, 6.45) is 10.5. The van der Waals surface area contributed by atoms with Crippen LogP contribution in [0.2, 0.25) is 0 Å². The first-order valence-corrected chi connectivity index (χ1v) is 13.0. The Morgan fingerprint density at radius 3 is 2.08 bits per heavy atom. The molecule has 1 aromatic heterocycles. The molecule has 38 heavy (non-hydrogen) atoms. The van der Waals surface area contributed by atoms with Gasteiger partial charge in [0.05, 0.1) is 11.6 Å². The Labute approximate surface area is 222 Å². The number of benzene rings is 2. The van der Waals surface area contributed by atoms with Crippen LogP contribution in [0.5, 0.6) is 0 Å². The van der Waals surface area contributed by atoms with Gasteiger partial charge in [-0.25, -0.2) is 0 Å². The maximum atomic E-state index is 13.0. The first-order chi connectivity index (χ1) is 18.6. The molecule has 0 saturated carbocycles. The number of pyridine rings is 1. The quantitative estimate of drug-likeness (QED) is 0.415. The molecule has 2 saturated heterocycles. The molecule has 2 aromatic carbocycles. The fourth-order valence-electron chi connectivity index (χ4n) is 4.85. The Kier molecular flexibility index (Phi) is 7.89. The largest absolute Gasteiger partial charge is 0.327 e. The van der Waals surface area contributed by atoms with E-state index in [4.69, 9.17) is 0 Å². The number of likely N-dealkylation sites (tertiary alicyclic amines) is 1. The van der Waals surface area contributed by atoms with Gasteiger partial charge in [0.1, 0.15) is 6.04 Å². The molecule has 0 unspecified atom stereocenters. The van der Waals surface area contributed by atoms with Crippen LogP contribution >= 0.6 is 0 Å². The third kappa shape index (κ3) is 6.15. The summed E-state index contributed by atoms with van der Waals surface area (Å²) in [5.74, 6) is -0.338. The van der Waals surface area contributed by atoms with Crippen molar-refractivity contribution in [3.63, 3.8) is 0 Å². The van der Waals surface area contributed by atoms with E-state index in [-0.39, 0.29) is 23.8 Å². The minimum Gasteiger partial charge on any atom is -0.327 e. The second-order valence-corrected chi connectivity index (χ2v) is 9.60. The van der Waals surface area contributed by atoms with Gasteiger partial charge in [0.25, 0.3) is 5.91 Å². The SMILES string of the molecule is O=C(Nc1ccc(/C=C/c2ccc(NC(=O)[C@@H]3CCCN3C(=O)c3cccnc3)cc2)cc1)[C@@H]1CCCN1. The van der Waals surface area contributed by atoms with Crippen LogP contribution in [0.25, 0.3) is 12.2 Å². The maximum Gasteiger partial charge on any atom is 0.256 e. The smallest absolute Gasteiger partial charge is 0.256 e. The first kappa shape index (κ1) is 25.4. The Morgan fingerprint density at radius 2 is 1.50 bits per heavy atom. The summed E-state index contributed by atoms with van der Waals surface area (Å²) >= 11 is 0. The summed E-state index contributed by atoms with van der Waals surface area (Å²) in [6.45, 7) is 1.45. The third-order valence-electron chi connectivity index (χ3n) is 6.93. The molecule has 2 aliphatic heterocycles. The third-order valence-corrected chi connectivity index (χ3v) is 6.93. The fourth-order valence-corrected chi connectivity index (χ4v) is 4.85. The lowest BCUT2D eigenvalue weighted by Gasteiger charge is -2.24. The molecule has 0 aliphatic carbocycles. The number of hydrogen-bond donors (Lipinski definition) is 3. The van der Waals surface area contributed by atoms with E-state index in [2.05, 4.69) is 20.9 Å². The molecule has 3 amide bonds. The van der Waals surface area contributed by atoms with Crippen molar-refractivity contribution in [1.82, 2.24) is 15.2 Å². The van der Waals surface area contributed by atoms with Crippen molar-refractivity contribution < 1.29 is 14.4 Å². The number of carbonyl (C=O) groups excluding carboxylic acids is 3. The maximum absolute atomic E-state index is 13.0. The number of rotatable bonds is 7. The zero-order valence-electron chi connectivity index (χ0n) is 21.1. The molecule has 194 valence electrons. The molecule has 3 N–H and O–H groups in total. The number of anilines is 2. The van der Waals surface area contributed by atoms with Crippen molar-refractivity contribution in [1.29, 1.82) is 0 Å². The van der Waals surface area contributed by atoms with Gasteiger partial charge in [0, 0.05) is 30.3 Å². The van der Waals surface area contributed by atoms with Gasteiger partial charge in [-0.1, -0.05) is 36.4 Å². The van der Waals surface area contributed by atoms with Crippen LogP contribution in [0.3, 0.4) is 0 Å². The fraction of sp³-hybridized carbons (Fsp3) is 0.267. The molecular weight excluding hydrogens is 478 g/mol. The highest BCUT2D eigenvalue weighted by Gasteiger charge is 2.34. The predicted octanol–water partition coefficient (Wildman–Crippen LogP) is 4.19. The van der Waals surface area contributed by atoms with Crippen molar-refractivity contribution in [2.45, 2.75) is 37.8 Å². The Balaban J connectivity index is 1.14. The summed E-state index contributed by atoms with van der Waals surface area (Å²) in [4.78, 5) is 43.7. The van der Waals surface area contributed by atoms with Crippen molar-refractivity contribution in [3.05, 3.63) is 89.7 Å². The number of carbonyl (C=O) groups is 3. The molecule has 2 aliphatic rings. The lowest BCUT2D eigenvalue weighted by atomic mass is 10.1. The summed E-state index contributed by atoms with van der Waals surface area (Å²) in [5, 5.41) is 9.11. The minimum absolute atomic E-state index is 0.0127. The number of nitrogens with one attached hydrogen (secondary N) is 3. The zero-order valence-corrected chi connectivity index (χ0v) is 21.1. The lowest BCUT2D eigenvalue weighted by molar-refractivity contribution is -0.120. The molecule has 0 spiro atoms. The topological polar surface area (TPSA) is 103 Å². The van der Waals surface area contributed by atoms with E-state index < -0.39 is 6.04 Å². The second kappa shape index (κ2) is 11.8. The van der Waals surface area contributed by atoms with Gasteiger partial charge in [-0.2, -0.15) is 0 Å². The van der Waals surface area contributed by atoms with Crippen LogP contribution in [0.4, 0.5) is 11.4 Å². The first-order valence-electron chi connectivity index (χ1n) is 13.0. The summed E-state index contributed by atoms with van der Waals surface area (Å²) in [5.41, 5.74) is 3.96. The van der Waals surface area contributed by atoms with Gasteiger partial charge in [0.2, 0.25) is 11.8 Å². The van der Waals surface area contributed by atoms with Gasteiger partial charge in [-0.05, 0) is 79.8 Å². The van der Waals surface area contributed by atoms with Crippen LogP contribution < -0.4 is 16.0 Å². The molecule has 2 fully saturated rings. The molecule has 2 atom stereocenters. The highest BCUT2D eigenvalue weighted by Crippen LogP contribution is 2.22. The van der Waals surface area contributed by atoms with E-state index in [0.29, 0.717) is 24.2 Å². The second-order valence-electron chi connectivity index (χ2n) is 9.60. The molecular formula is C30H31N5O3. The number of amides is 3. The van der Waals surface area contributed by atoms with Gasteiger partial charge < -0.3 is 20.9 Å². The van der Waals surface area contributed by atoms with Gasteiger partial charge in [-0.3, -0.25) is 19.4 Å². The summed E-state index contributed by atoms with van der Waals surface area (Å²) < 4.78 is 0. The van der Waals surface area contributed by atoms with E-state index in [1.165, 1.54) is 6.20 Å². The standard InChI is InChI=1S/C30H31N5O3/c36-28(26-5-2-18-32-26)33-24-13-9-21(10-14-24)7-8-22-11-15-25(16-12-22)34-29(37)27-6-3-19-35(27)30(38)23-4-1-17-31-20-23/h1,4,7-17,20,26-27,32H,2-3,5-6,18-19H2,(H,33,36)(H,34,37)/b8-7+/t26-,27-/m0/s1. The van der Waals surface area contributed by atoms with E-state index in [1.54, 1.807) is 23.2 Å². The number of hydrogen-bond acceptors (Lipinski definition) is 5. The van der Waals surface area contributed by atoms with Gasteiger partial charge in [-0.15, -0.1) is 0 Å². The van der Waals surface area contributed by atoms with Gasteiger partial charge in [0.15, 0.2) is 0 Å². The van der Waals surface area contributed by atoms with E-state index in [1.807, 2.05) is 60.7 Å². The minimum atomic E-state index is -0.496. The molecule has 8 nitrogen and oxygen atoms in total. The molecule has 8 heteroatoms. The molecule has 0 bridgehead atoms. The van der Waals surface area contributed by atoms with E-state index in [0.717, 1.165) is 42.6 Å². The molecule has 3 heterocycles. The van der Waals surface area contributed by atoms with Crippen LogP contribution in [0.15, 0.2) is 73.1 Å². The van der Waals surface area contributed by atoms with Crippen LogP contribution in [-0.2, 0) is 9.59 Å².